The highest BCUT2D eigenvalue weighted by molar-refractivity contribution is 4.64. The lowest BCUT2D eigenvalue weighted by molar-refractivity contribution is 0.0633. The monoisotopic (exact) mass is 158 g/mol. The van der Waals surface area contributed by atoms with Crippen molar-refractivity contribution in [2.75, 3.05) is 32.9 Å². The zero-order chi connectivity index (χ0) is 8.10. The second-order valence-corrected chi connectivity index (χ2v) is 3.20. The Bertz CT molecular complexity index is 100. The fourth-order valence-corrected chi connectivity index (χ4v) is 1.16. The Morgan fingerprint density at radius 3 is 2.91 bits per heavy atom. The third kappa shape index (κ3) is 3.70. The average Bonchev–Trinajstić information content (AvgIpc) is 2.39. The van der Waals surface area contributed by atoms with E-state index < -0.39 is 0 Å². The van der Waals surface area contributed by atoms with Gasteiger partial charge in [0.15, 0.2) is 0 Å². The minimum atomic E-state index is 0.366. The van der Waals surface area contributed by atoms with Gasteiger partial charge in [0.05, 0.1) is 12.7 Å². The van der Waals surface area contributed by atoms with E-state index in [1.54, 1.807) is 0 Å². The van der Waals surface area contributed by atoms with Crippen molar-refractivity contribution < 1.29 is 4.74 Å². The SMILES string of the molecule is CC(C)OCCN1CCNC1. The molecule has 1 aliphatic rings. The maximum atomic E-state index is 5.43. The summed E-state index contributed by atoms with van der Waals surface area (Å²) in [4.78, 5) is 2.36. The Balaban J connectivity index is 1.94. The predicted molar refractivity (Wildman–Crippen MR) is 45.5 cm³/mol. The summed E-state index contributed by atoms with van der Waals surface area (Å²) < 4.78 is 5.43. The molecule has 66 valence electrons. The van der Waals surface area contributed by atoms with Crippen LogP contribution >= 0.6 is 0 Å². The van der Waals surface area contributed by atoms with E-state index in [-0.39, 0.29) is 0 Å². The van der Waals surface area contributed by atoms with Crippen LogP contribution < -0.4 is 5.32 Å². The van der Waals surface area contributed by atoms with Crippen molar-refractivity contribution in [3.05, 3.63) is 0 Å². The van der Waals surface area contributed by atoms with Gasteiger partial charge in [-0.3, -0.25) is 4.90 Å². The maximum absolute atomic E-state index is 5.43. The minimum absolute atomic E-state index is 0.366. The predicted octanol–water partition coefficient (Wildman–Crippen LogP) is 0.274. The van der Waals surface area contributed by atoms with Crippen molar-refractivity contribution in [3.63, 3.8) is 0 Å². The van der Waals surface area contributed by atoms with Gasteiger partial charge in [0.2, 0.25) is 0 Å². The highest BCUT2D eigenvalue weighted by Gasteiger charge is 2.09. The molecule has 0 atom stereocenters. The summed E-state index contributed by atoms with van der Waals surface area (Å²) in [7, 11) is 0. The van der Waals surface area contributed by atoms with E-state index in [0.29, 0.717) is 6.10 Å². The summed E-state index contributed by atoms with van der Waals surface area (Å²) in [5.41, 5.74) is 0. The van der Waals surface area contributed by atoms with Gasteiger partial charge in [0, 0.05) is 26.3 Å². The molecule has 1 rings (SSSR count). The molecule has 1 fully saturated rings. The minimum Gasteiger partial charge on any atom is -0.377 e. The van der Waals surface area contributed by atoms with Gasteiger partial charge in [0.1, 0.15) is 0 Å². The molecular formula is C8H18N2O. The number of hydrogen-bond acceptors (Lipinski definition) is 3. The summed E-state index contributed by atoms with van der Waals surface area (Å²) in [6, 6.07) is 0. The van der Waals surface area contributed by atoms with E-state index in [1.807, 2.05) is 0 Å². The number of nitrogens with zero attached hydrogens (tertiary/aromatic N) is 1. The van der Waals surface area contributed by atoms with E-state index in [2.05, 4.69) is 24.1 Å². The smallest absolute Gasteiger partial charge is 0.0597 e. The molecule has 0 amide bonds. The van der Waals surface area contributed by atoms with E-state index in [0.717, 1.165) is 26.4 Å². The molecule has 0 saturated carbocycles. The Labute approximate surface area is 68.7 Å². The van der Waals surface area contributed by atoms with Crippen LogP contribution in [-0.2, 0) is 4.74 Å². The first-order valence-electron chi connectivity index (χ1n) is 4.33. The van der Waals surface area contributed by atoms with Gasteiger partial charge in [-0.05, 0) is 13.8 Å². The normalized spacial score (nSPS) is 19.9. The van der Waals surface area contributed by atoms with Crippen molar-refractivity contribution >= 4 is 0 Å². The van der Waals surface area contributed by atoms with Crippen molar-refractivity contribution in [2.24, 2.45) is 0 Å². The first kappa shape index (κ1) is 8.97. The summed E-state index contributed by atoms with van der Waals surface area (Å²) >= 11 is 0. The van der Waals surface area contributed by atoms with Gasteiger partial charge >= 0.3 is 0 Å². The first-order valence-corrected chi connectivity index (χ1v) is 4.33. The van der Waals surface area contributed by atoms with Gasteiger partial charge in [-0.2, -0.15) is 0 Å². The number of rotatable bonds is 4. The third-order valence-electron chi connectivity index (χ3n) is 1.80. The highest BCUT2D eigenvalue weighted by atomic mass is 16.5. The molecule has 0 radical (unpaired) electrons. The molecule has 0 unspecified atom stereocenters. The van der Waals surface area contributed by atoms with Crippen LogP contribution in [-0.4, -0.2) is 43.9 Å². The van der Waals surface area contributed by atoms with E-state index in [4.69, 9.17) is 4.74 Å². The van der Waals surface area contributed by atoms with Crippen molar-refractivity contribution in [2.45, 2.75) is 20.0 Å². The molecule has 0 aromatic heterocycles. The molecule has 1 saturated heterocycles. The summed E-state index contributed by atoms with van der Waals surface area (Å²) in [5, 5.41) is 3.28. The van der Waals surface area contributed by atoms with Crippen LogP contribution in [0.3, 0.4) is 0 Å². The summed E-state index contributed by atoms with van der Waals surface area (Å²) in [6.07, 6.45) is 0.366. The third-order valence-corrected chi connectivity index (χ3v) is 1.80. The zero-order valence-corrected chi connectivity index (χ0v) is 7.47. The van der Waals surface area contributed by atoms with E-state index in [1.165, 1.54) is 6.54 Å². The Hall–Kier alpha value is -0.120. The molecule has 1 aliphatic heterocycles. The lowest BCUT2D eigenvalue weighted by Gasteiger charge is -2.14. The van der Waals surface area contributed by atoms with Crippen LogP contribution in [0.1, 0.15) is 13.8 Å². The first-order chi connectivity index (χ1) is 5.29. The van der Waals surface area contributed by atoms with Gasteiger partial charge in [-0.25, -0.2) is 0 Å². The summed E-state index contributed by atoms with van der Waals surface area (Å²) in [6.45, 7) is 9.39. The zero-order valence-electron chi connectivity index (χ0n) is 7.47. The lowest BCUT2D eigenvalue weighted by atomic mass is 10.5. The molecule has 1 N–H and O–H groups in total. The molecule has 1 heterocycles. The van der Waals surface area contributed by atoms with Crippen molar-refractivity contribution in [1.82, 2.24) is 10.2 Å². The molecule has 0 aromatic carbocycles. The summed E-state index contributed by atoms with van der Waals surface area (Å²) in [5.74, 6) is 0. The molecular weight excluding hydrogens is 140 g/mol. The van der Waals surface area contributed by atoms with Crippen molar-refractivity contribution in [1.29, 1.82) is 0 Å². The number of ether oxygens (including phenoxy) is 1. The van der Waals surface area contributed by atoms with Crippen LogP contribution in [0.25, 0.3) is 0 Å². The molecule has 0 aliphatic carbocycles. The van der Waals surface area contributed by atoms with Gasteiger partial charge in [-0.15, -0.1) is 0 Å². The number of nitrogens with one attached hydrogen (secondary N) is 1. The van der Waals surface area contributed by atoms with Gasteiger partial charge in [0.25, 0.3) is 0 Å². The van der Waals surface area contributed by atoms with Crippen molar-refractivity contribution in [3.8, 4) is 0 Å². The molecule has 3 nitrogen and oxygen atoms in total. The Morgan fingerprint density at radius 2 is 2.36 bits per heavy atom. The second-order valence-electron chi connectivity index (χ2n) is 3.20. The van der Waals surface area contributed by atoms with Crippen LogP contribution in [0.5, 0.6) is 0 Å². The topological polar surface area (TPSA) is 24.5 Å². The molecule has 0 aromatic rings. The highest BCUT2D eigenvalue weighted by Crippen LogP contribution is 1.93. The Morgan fingerprint density at radius 1 is 1.55 bits per heavy atom. The molecule has 3 heteroatoms. The van der Waals surface area contributed by atoms with Crippen LogP contribution in [0.15, 0.2) is 0 Å². The lowest BCUT2D eigenvalue weighted by Crippen LogP contribution is -2.27. The second kappa shape index (κ2) is 4.70. The van der Waals surface area contributed by atoms with Crippen LogP contribution in [0.4, 0.5) is 0 Å². The maximum Gasteiger partial charge on any atom is 0.0597 e. The quantitative estimate of drug-likeness (QED) is 0.636. The Kier molecular flexibility index (Phi) is 3.83. The van der Waals surface area contributed by atoms with Crippen LogP contribution in [0, 0.1) is 0 Å². The average molecular weight is 158 g/mol. The van der Waals surface area contributed by atoms with Gasteiger partial charge in [-0.1, -0.05) is 0 Å². The van der Waals surface area contributed by atoms with E-state index in [9.17, 15) is 0 Å². The molecule has 0 spiro atoms. The van der Waals surface area contributed by atoms with Gasteiger partial charge < -0.3 is 10.1 Å². The fourth-order valence-electron chi connectivity index (χ4n) is 1.16. The number of hydrogen-bond donors (Lipinski definition) is 1. The standard InChI is InChI=1S/C8H18N2O/c1-8(2)11-6-5-10-4-3-9-7-10/h8-9H,3-7H2,1-2H3. The molecule has 11 heavy (non-hydrogen) atoms. The fraction of sp³-hybridized carbons (Fsp3) is 1.00. The largest absolute Gasteiger partial charge is 0.377 e. The van der Waals surface area contributed by atoms with Crippen LogP contribution in [0.2, 0.25) is 0 Å². The molecule has 0 bridgehead atoms. The van der Waals surface area contributed by atoms with E-state index >= 15 is 0 Å².